The summed E-state index contributed by atoms with van der Waals surface area (Å²) < 4.78 is 10.6. The van der Waals surface area contributed by atoms with Crippen molar-refractivity contribution in [3.63, 3.8) is 0 Å². The molecule has 0 spiro atoms. The number of aromatic nitrogens is 3. The highest BCUT2D eigenvalue weighted by molar-refractivity contribution is 5.55. The van der Waals surface area contributed by atoms with Crippen molar-refractivity contribution in [1.82, 2.24) is 15.1 Å². The maximum absolute atomic E-state index is 5.36. The van der Waals surface area contributed by atoms with Crippen LogP contribution in [0.2, 0.25) is 0 Å². The minimum atomic E-state index is 0.504. The van der Waals surface area contributed by atoms with Crippen LogP contribution in [0.3, 0.4) is 0 Å². The maximum Gasteiger partial charge on any atom is 0.261 e. The van der Waals surface area contributed by atoms with Crippen LogP contribution in [0.15, 0.2) is 45.8 Å². The number of furan rings is 1. The molecule has 0 aliphatic heterocycles. The average molecular weight is 255 g/mol. The van der Waals surface area contributed by atoms with Gasteiger partial charge in [0.05, 0.1) is 11.8 Å². The Bertz CT molecular complexity index is 658. The van der Waals surface area contributed by atoms with Gasteiger partial charge in [-0.15, -0.1) is 0 Å². The fourth-order valence-electron chi connectivity index (χ4n) is 1.93. The molecule has 3 rings (SSSR count). The molecule has 0 N–H and O–H groups in total. The summed E-state index contributed by atoms with van der Waals surface area (Å²) in [5.41, 5.74) is 1.92. The van der Waals surface area contributed by atoms with Crippen LogP contribution in [0.1, 0.15) is 24.1 Å². The number of rotatable bonds is 4. The Morgan fingerprint density at radius 1 is 1.26 bits per heavy atom. The summed E-state index contributed by atoms with van der Waals surface area (Å²) in [5.74, 6) is 2.01. The van der Waals surface area contributed by atoms with Crippen LogP contribution < -0.4 is 0 Å². The summed E-state index contributed by atoms with van der Waals surface area (Å²) in [6, 6.07) is 5.72. The summed E-state index contributed by atoms with van der Waals surface area (Å²) in [7, 11) is 0. The van der Waals surface area contributed by atoms with Gasteiger partial charge in [0.15, 0.2) is 5.82 Å². The van der Waals surface area contributed by atoms with E-state index in [-0.39, 0.29) is 0 Å². The van der Waals surface area contributed by atoms with E-state index in [2.05, 4.69) is 15.1 Å². The summed E-state index contributed by atoms with van der Waals surface area (Å²) >= 11 is 0. The van der Waals surface area contributed by atoms with Crippen LogP contribution in [0.5, 0.6) is 0 Å². The number of aryl methyl sites for hydroxylation is 1. The molecule has 3 aromatic heterocycles. The second-order valence-corrected chi connectivity index (χ2v) is 4.16. The van der Waals surface area contributed by atoms with Crippen molar-refractivity contribution in [2.45, 2.75) is 19.8 Å². The first-order valence-electron chi connectivity index (χ1n) is 6.15. The van der Waals surface area contributed by atoms with E-state index in [9.17, 15) is 0 Å². The third kappa shape index (κ3) is 2.40. The smallest absolute Gasteiger partial charge is 0.261 e. The van der Waals surface area contributed by atoms with Crippen molar-refractivity contribution in [3.05, 3.63) is 54.0 Å². The van der Waals surface area contributed by atoms with Gasteiger partial charge >= 0.3 is 0 Å². The van der Waals surface area contributed by atoms with Crippen LogP contribution in [-0.2, 0) is 12.8 Å². The van der Waals surface area contributed by atoms with E-state index in [4.69, 9.17) is 8.94 Å². The number of hydrogen-bond donors (Lipinski definition) is 0. The fraction of sp³-hybridized carbons (Fsp3) is 0.214. The lowest BCUT2D eigenvalue weighted by Gasteiger charge is -1.94. The van der Waals surface area contributed by atoms with E-state index < -0.39 is 0 Å². The lowest BCUT2D eigenvalue weighted by molar-refractivity contribution is 0.422. The Hall–Kier alpha value is -2.43. The molecule has 0 atom stereocenters. The van der Waals surface area contributed by atoms with Crippen molar-refractivity contribution in [3.8, 4) is 11.5 Å². The van der Waals surface area contributed by atoms with E-state index in [0.29, 0.717) is 18.1 Å². The minimum Gasteiger partial charge on any atom is -0.469 e. The van der Waals surface area contributed by atoms with Gasteiger partial charge in [-0.25, -0.2) is 0 Å². The third-order valence-corrected chi connectivity index (χ3v) is 2.85. The topological polar surface area (TPSA) is 65.0 Å². The van der Waals surface area contributed by atoms with Crippen LogP contribution in [0.25, 0.3) is 11.5 Å². The van der Waals surface area contributed by atoms with Crippen molar-refractivity contribution < 1.29 is 8.94 Å². The summed E-state index contributed by atoms with van der Waals surface area (Å²) in [5, 5.41) is 3.99. The van der Waals surface area contributed by atoms with Gasteiger partial charge in [0.1, 0.15) is 5.76 Å². The van der Waals surface area contributed by atoms with Crippen LogP contribution >= 0.6 is 0 Å². The van der Waals surface area contributed by atoms with Crippen LogP contribution in [-0.4, -0.2) is 15.1 Å². The molecule has 96 valence electrons. The number of hydrogen-bond acceptors (Lipinski definition) is 5. The SMILES string of the molecule is CCc1occc1-c1nc(Cc2cccnc2)no1. The molecule has 3 heterocycles. The molecular formula is C14H13N3O2. The lowest BCUT2D eigenvalue weighted by Crippen LogP contribution is -1.91. The predicted octanol–water partition coefficient (Wildman–Crippen LogP) is 2.88. The first kappa shape index (κ1) is 11.6. The zero-order chi connectivity index (χ0) is 13.1. The monoisotopic (exact) mass is 255 g/mol. The van der Waals surface area contributed by atoms with Gasteiger partial charge in [-0.1, -0.05) is 18.1 Å². The summed E-state index contributed by atoms with van der Waals surface area (Å²) in [4.78, 5) is 8.45. The molecule has 0 saturated heterocycles. The molecule has 0 aliphatic carbocycles. The second kappa shape index (κ2) is 5.06. The quantitative estimate of drug-likeness (QED) is 0.717. The molecule has 0 saturated carbocycles. The molecule has 0 amide bonds. The van der Waals surface area contributed by atoms with E-state index in [0.717, 1.165) is 23.3 Å². The zero-order valence-electron chi connectivity index (χ0n) is 10.5. The second-order valence-electron chi connectivity index (χ2n) is 4.16. The molecule has 5 heteroatoms. The molecule has 19 heavy (non-hydrogen) atoms. The lowest BCUT2D eigenvalue weighted by atomic mass is 10.2. The molecule has 3 aromatic rings. The number of pyridine rings is 1. The standard InChI is InChI=1S/C14H13N3O2/c1-2-12-11(5-7-18-12)14-16-13(17-19-14)8-10-4-3-6-15-9-10/h3-7,9H,2,8H2,1H3. The molecule has 0 bridgehead atoms. The van der Waals surface area contributed by atoms with Gasteiger partial charge in [-0.05, 0) is 17.7 Å². The van der Waals surface area contributed by atoms with Crippen molar-refractivity contribution in [1.29, 1.82) is 0 Å². The van der Waals surface area contributed by atoms with Gasteiger partial charge in [0.2, 0.25) is 0 Å². The fourth-order valence-corrected chi connectivity index (χ4v) is 1.93. The van der Waals surface area contributed by atoms with Gasteiger partial charge in [-0.3, -0.25) is 4.98 Å². The Morgan fingerprint density at radius 2 is 2.21 bits per heavy atom. The van der Waals surface area contributed by atoms with Gasteiger partial charge in [-0.2, -0.15) is 4.98 Å². The molecule has 5 nitrogen and oxygen atoms in total. The van der Waals surface area contributed by atoms with Gasteiger partial charge in [0.25, 0.3) is 5.89 Å². The Morgan fingerprint density at radius 3 is 3.00 bits per heavy atom. The molecule has 0 aromatic carbocycles. The Balaban J connectivity index is 1.84. The summed E-state index contributed by atoms with van der Waals surface area (Å²) in [6.07, 6.45) is 6.58. The molecule has 0 radical (unpaired) electrons. The minimum absolute atomic E-state index is 0.504. The highest BCUT2D eigenvalue weighted by atomic mass is 16.5. The summed E-state index contributed by atoms with van der Waals surface area (Å²) in [6.45, 7) is 2.02. The first-order chi connectivity index (χ1) is 9.36. The zero-order valence-corrected chi connectivity index (χ0v) is 10.5. The molecule has 0 aliphatic rings. The van der Waals surface area contributed by atoms with E-state index in [1.54, 1.807) is 18.7 Å². The predicted molar refractivity (Wildman–Crippen MR) is 68.4 cm³/mol. The first-order valence-corrected chi connectivity index (χ1v) is 6.15. The Labute approximate surface area is 110 Å². The normalized spacial score (nSPS) is 10.8. The van der Waals surface area contributed by atoms with Crippen LogP contribution in [0, 0.1) is 0 Å². The van der Waals surface area contributed by atoms with Crippen molar-refractivity contribution >= 4 is 0 Å². The highest BCUT2D eigenvalue weighted by Gasteiger charge is 2.14. The van der Waals surface area contributed by atoms with E-state index in [1.807, 2.05) is 25.1 Å². The van der Waals surface area contributed by atoms with E-state index >= 15 is 0 Å². The molecular weight excluding hydrogens is 242 g/mol. The average Bonchev–Trinajstić information content (AvgIpc) is 3.07. The van der Waals surface area contributed by atoms with Gasteiger partial charge < -0.3 is 8.94 Å². The molecule has 0 unspecified atom stereocenters. The highest BCUT2D eigenvalue weighted by Crippen LogP contribution is 2.23. The molecule has 0 fully saturated rings. The van der Waals surface area contributed by atoms with E-state index in [1.165, 1.54) is 0 Å². The largest absolute Gasteiger partial charge is 0.469 e. The van der Waals surface area contributed by atoms with Gasteiger partial charge in [0, 0.05) is 25.2 Å². The number of nitrogens with zero attached hydrogens (tertiary/aromatic N) is 3. The third-order valence-electron chi connectivity index (χ3n) is 2.85. The maximum atomic E-state index is 5.36. The van der Waals surface area contributed by atoms with Crippen molar-refractivity contribution in [2.75, 3.05) is 0 Å². The van der Waals surface area contributed by atoms with Crippen molar-refractivity contribution in [2.24, 2.45) is 0 Å². The van der Waals surface area contributed by atoms with Crippen LogP contribution in [0.4, 0.5) is 0 Å². The Kier molecular flexibility index (Phi) is 3.10.